The third-order valence-electron chi connectivity index (χ3n) is 4.86. The Kier molecular flexibility index (Phi) is 4.82. The van der Waals surface area contributed by atoms with Crippen LogP contribution in [0.2, 0.25) is 0 Å². The second-order valence-electron chi connectivity index (χ2n) is 6.67. The molecular weight excluding hydrogens is 354 g/mol. The van der Waals surface area contributed by atoms with E-state index in [1.807, 2.05) is 56.3 Å². The molecular formula is C23H21NO2S. The number of carbonyl (C=O) groups is 1. The molecule has 0 bridgehead atoms. The van der Waals surface area contributed by atoms with Gasteiger partial charge in [-0.15, -0.1) is 11.3 Å². The fourth-order valence-corrected chi connectivity index (χ4v) is 4.06. The highest BCUT2D eigenvalue weighted by Gasteiger charge is 2.16. The number of hydrogen-bond acceptors (Lipinski definition) is 3. The molecule has 0 saturated carbocycles. The fourth-order valence-electron chi connectivity index (χ4n) is 3.37. The minimum absolute atomic E-state index is 0.00804. The number of ether oxygens (including phenoxy) is 1. The Morgan fingerprint density at radius 1 is 1.00 bits per heavy atom. The van der Waals surface area contributed by atoms with Gasteiger partial charge >= 0.3 is 0 Å². The Hall–Kier alpha value is -2.85. The van der Waals surface area contributed by atoms with Crippen LogP contribution in [-0.4, -0.2) is 17.0 Å². The van der Waals surface area contributed by atoms with Gasteiger partial charge in [0.05, 0.1) is 6.54 Å². The van der Waals surface area contributed by atoms with Crippen molar-refractivity contribution in [2.24, 2.45) is 0 Å². The van der Waals surface area contributed by atoms with Crippen LogP contribution in [0.15, 0.2) is 66.0 Å². The highest BCUT2D eigenvalue weighted by molar-refractivity contribution is 7.09. The van der Waals surface area contributed by atoms with Crippen molar-refractivity contribution in [1.29, 1.82) is 0 Å². The second-order valence-corrected chi connectivity index (χ2v) is 7.70. The van der Waals surface area contributed by atoms with Gasteiger partial charge in [-0.1, -0.05) is 36.4 Å². The van der Waals surface area contributed by atoms with Crippen molar-refractivity contribution in [3.63, 3.8) is 0 Å². The molecule has 0 atom stereocenters. The monoisotopic (exact) mass is 375 g/mol. The zero-order valence-electron chi connectivity index (χ0n) is 15.4. The summed E-state index contributed by atoms with van der Waals surface area (Å²) in [6.45, 7) is 4.89. The average molecular weight is 375 g/mol. The van der Waals surface area contributed by atoms with E-state index in [4.69, 9.17) is 4.74 Å². The lowest BCUT2D eigenvalue weighted by Gasteiger charge is -2.09. The van der Waals surface area contributed by atoms with Gasteiger partial charge < -0.3 is 9.30 Å². The molecule has 0 aliphatic carbocycles. The molecule has 2 aromatic heterocycles. The molecule has 136 valence electrons. The summed E-state index contributed by atoms with van der Waals surface area (Å²) in [6, 6.07) is 20.2. The Morgan fingerprint density at radius 3 is 2.59 bits per heavy atom. The number of ketones is 1. The third-order valence-corrected chi connectivity index (χ3v) is 5.72. The number of aromatic nitrogens is 1. The third kappa shape index (κ3) is 3.67. The number of fused-ring (bicyclic) bond motifs is 1. The molecule has 27 heavy (non-hydrogen) atoms. The van der Waals surface area contributed by atoms with Gasteiger partial charge in [0.2, 0.25) is 5.78 Å². The molecule has 0 radical (unpaired) electrons. The number of Topliss-reactive ketones (excluding diaryl/α,β-unsaturated/α-hetero) is 1. The van der Waals surface area contributed by atoms with Crippen molar-refractivity contribution in [1.82, 2.24) is 4.57 Å². The summed E-state index contributed by atoms with van der Waals surface area (Å²) >= 11 is 1.73. The maximum atomic E-state index is 12.7. The Balaban J connectivity index is 1.49. The van der Waals surface area contributed by atoms with Gasteiger partial charge in [-0.2, -0.15) is 0 Å². The van der Waals surface area contributed by atoms with Crippen molar-refractivity contribution in [3.8, 4) is 5.75 Å². The van der Waals surface area contributed by atoms with Crippen LogP contribution >= 0.6 is 11.3 Å². The van der Waals surface area contributed by atoms with Crippen molar-refractivity contribution < 1.29 is 9.53 Å². The summed E-state index contributed by atoms with van der Waals surface area (Å²) in [6.07, 6.45) is 0. The standard InChI is InChI=1S/C23H21NO2S/c1-16-12-22(17(2)24(16)14-21-8-5-11-27-21)23(25)15-26-20-10-9-18-6-3-4-7-19(18)13-20/h3-13H,14-15H2,1-2H3. The summed E-state index contributed by atoms with van der Waals surface area (Å²) < 4.78 is 7.97. The number of carbonyl (C=O) groups excluding carboxylic acids is 1. The van der Waals surface area contributed by atoms with Crippen molar-refractivity contribution in [2.75, 3.05) is 6.61 Å². The lowest BCUT2D eigenvalue weighted by molar-refractivity contribution is 0.0921. The Labute approximate surface area is 162 Å². The van der Waals surface area contributed by atoms with Gasteiger partial charge in [0, 0.05) is 21.8 Å². The van der Waals surface area contributed by atoms with Crippen molar-refractivity contribution >= 4 is 27.9 Å². The first-order valence-corrected chi connectivity index (χ1v) is 9.84. The number of benzene rings is 2. The smallest absolute Gasteiger partial charge is 0.202 e. The first-order chi connectivity index (χ1) is 13.1. The zero-order chi connectivity index (χ0) is 18.8. The topological polar surface area (TPSA) is 31.2 Å². The van der Waals surface area contributed by atoms with Crippen LogP contribution < -0.4 is 4.74 Å². The molecule has 4 rings (SSSR count). The van der Waals surface area contributed by atoms with Crippen molar-refractivity contribution in [3.05, 3.63) is 87.9 Å². The molecule has 3 nitrogen and oxygen atoms in total. The van der Waals surface area contributed by atoms with Crippen LogP contribution in [0.3, 0.4) is 0 Å². The molecule has 0 aliphatic heterocycles. The highest BCUT2D eigenvalue weighted by Crippen LogP contribution is 2.22. The lowest BCUT2D eigenvalue weighted by Crippen LogP contribution is -2.13. The predicted molar refractivity (Wildman–Crippen MR) is 111 cm³/mol. The van der Waals surface area contributed by atoms with Gasteiger partial charge in [0.1, 0.15) is 5.75 Å². The van der Waals surface area contributed by atoms with E-state index < -0.39 is 0 Å². The second kappa shape index (κ2) is 7.41. The number of hydrogen-bond donors (Lipinski definition) is 0. The van der Waals surface area contributed by atoms with E-state index in [1.165, 1.54) is 4.88 Å². The van der Waals surface area contributed by atoms with E-state index in [0.29, 0.717) is 0 Å². The summed E-state index contributed by atoms with van der Waals surface area (Å²) in [4.78, 5) is 14.0. The van der Waals surface area contributed by atoms with E-state index in [0.717, 1.165) is 40.0 Å². The number of rotatable bonds is 6. The van der Waals surface area contributed by atoms with E-state index in [9.17, 15) is 4.79 Å². The van der Waals surface area contributed by atoms with E-state index >= 15 is 0 Å². The summed E-state index contributed by atoms with van der Waals surface area (Å²) in [5.74, 6) is 0.725. The molecule has 0 saturated heterocycles. The van der Waals surface area contributed by atoms with E-state index in [-0.39, 0.29) is 12.4 Å². The first kappa shape index (κ1) is 17.6. The largest absolute Gasteiger partial charge is 0.485 e. The lowest BCUT2D eigenvalue weighted by atomic mass is 10.1. The molecule has 0 spiro atoms. The first-order valence-electron chi connectivity index (χ1n) is 8.96. The molecule has 0 fully saturated rings. The van der Waals surface area contributed by atoms with Crippen LogP contribution in [0.1, 0.15) is 26.6 Å². The molecule has 4 aromatic rings. The Bertz CT molecular complexity index is 1090. The SMILES string of the molecule is Cc1cc(C(=O)COc2ccc3ccccc3c2)c(C)n1Cc1cccs1. The van der Waals surface area contributed by atoms with E-state index in [2.05, 4.69) is 28.1 Å². The number of thiophene rings is 1. The number of nitrogens with zero attached hydrogens (tertiary/aromatic N) is 1. The highest BCUT2D eigenvalue weighted by atomic mass is 32.1. The number of aryl methyl sites for hydroxylation is 1. The van der Waals surface area contributed by atoms with Gasteiger partial charge in [-0.3, -0.25) is 4.79 Å². The van der Waals surface area contributed by atoms with Crippen LogP contribution in [0.4, 0.5) is 0 Å². The Morgan fingerprint density at radius 2 is 1.81 bits per heavy atom. The molecule has 2 heterocycles. The van der Waals surface area contributed by atoms with E-state index in [1.54, 1.807) is 11.3 Å². The summed E-state index contributed by atoms with van der Waals surface area (Å²) in [5.41, 5.74) is 2.83. The normalized spacial score (nSPS) is 11.0. The minimum Gasteiger partial charge on any atom is -0.485 e. The van der Waals surface area contributed by atoms with Crippen LogP contribution in [0, 0.1) is 13.8 Å². The average Bonchev–Trinajstić information content (AvgIpc) is 3.30. The maximum absolute atomic E-state index is 12.7. The zero-order valence-corrected chi connectivity index (χ0v) is 16.3. The molecule has 0 N–H and O–H groups in total. The maximum Gasteiger partial charge on any atom is 0.202 e. The van der Waals surface area contributed by atoms with Crippen molar-refractivity contribution in [2.45, 2.75) is 20.4 Å². The minimum atomic E-state index is 0.00804. The molecule has 4 heteroatoms. The molecule has 0 amide bonds. The van der Waals surface area contributed by atoms with Gasteiger partial charge in [0.25, 0.3) is 0 Å². The van der Waals surface area contributed by atoms with Crippen LogP contribution in [0.5, 0.6) is 5.75 Å². The van der Waals surface area contributed by atoms with Gasteiger partial charge in [-0.05, 0) is 54.3 Å². The van der Waals surface area contributed by atoms with Crippen LogP contribution in [-0.2, 0) is 6.54 Å². The van der Waals surface area contributed by atoms with Crippen LogP contribution in [0.25, 0.3) is 10.8 Å². The van der Waals surface area contributed by atoms with Gasteiger partial charge in [0.15, 0.2) is 6.61 Å². The summed E-state index contributed by atoms with van der Waals surface area (Å²) in [5, 5.41) is 4.34. The fraction of sp³-hybridized carbons (Fsp3) is 0.174. The molecule has 0 unspecified atom stereocenters. The molecule has 2 aromatic carbocycles. The summed E-state index contributed by atoms with van der Waals surface area (Å²) in [7, 11) is 0. The molecule has 0 aliphatic rings. The quantitative estimate of drug-likeness (QED) is 0.409. The predicted octanol–water partition coefficient (Wildman–Crippen LogP) is 5.63. The van der Waals surface area contributed by atoms with Gasteiger partial charge in [-0.25, -0.2) is 0 Å².